The fraction of sp³-hybridized carbons (Fsp3) is 0.211. The van der Waals surface area contributed by atoms with Crippen molar-refractivity contribution in [1.29, 1.82) is 0 Å². The summed E-state index contributed by atoms with van der Waals surface area (Å²) >= 11 is 3.18. The minimum atomic E-state index is -0.138. The molecule has 0 atom stereocenters. The molecule has 0 saturated carbocycles. The van der Waals surface area contributed by atoms with Gasteiger partial charge in [-0.1, -0.05) is 18.2 Å². The Morgan fingerprint density at radius 3 is 3.00 bits per heavy atom. The van der Waals surface area contributed by atoms with Gasteiger partial charge in [0.25, 0.3) is 5.91 Å². The van der Waals surface area contributed by atoms with E-state index in [1.54, 1.807) is 22.7 Å². The molecule has 0 aliphatic heterocycles. The van der Waals surface area contributed by atoms with Crippen LogP contribution in [0, 0.1) is 6.92 Å². The van der Waals surface area contributed by atoms with Crippen LogP contribution in [-0.4, -0.2) is 33.7 Å². The first-order valence-corrected chi connectivity index (χ1v) is 10.3. The second kappa shape index (κ2) is 7.89. The predicted octanol–water partition coefficient (Wildman–Crippen LogP) is 3.57. The Balaban J connectivity index is 1.30. The highest BCUT2D eigenvalue weighted by Gasteiger charge is 2.12. The fourth-order valence-electron chi connectivity index (χ4n) is 2.64. The quantitative estimate of drug-likeness (QED) is 0.517. The van der Waals surface area contributed by atoms with Crippen LogP contribution in [0.25, 0.3) is 15.7 Å². The summed E-state index contributed by atoms with van der Waals surface area (Å²) < 4.78 is 7.37. The minimum absolute atomic E-state index is 0.00829. The highest BCUT2D eigenvalue weighted by molar-refractivity contribution is 7.15. The van der Waals surface area contributed by atoms with Gasteiger partial charge in [0.05, 0.1) is 10.6 Å². The summed E-state index contributed by atoms with van der Waals surface area (Å²) in [5, 5.41) is 11.5. The number of carbonyl (C=O) groups is 1. The third kappa shape index (κ3) is 4.17. The topological polar surface area (TPSA) is 68.5 Å². The van der Waals surface area contributed by atoms with Crippen LogP contribution in [0.5, 0.6) is 5.75 Å². The molecule has 0 radical (unpaired) electrons. The van der Waals surface area contributed by atoms with Gasteiger partial charge in [-0.15, -0.1) is 27.8 Å². The number of amides is 1. The molecular formula is C19H18N4O2S2. The van der Waals surface area contributed by atoms with Crippen LogP contribution < -0.4 is 10.1 Å². The molecule has 3 heterocycles. The van der Waals surface area contributed by atoms with E-state index in [-0.39, 0.29) is 12.5 Å². The van der Waals surface area contributed by atoms with Crippen molar-refractivity contribution in [2.45, 2.75) is 13.3 Å². The molecule has 4 aromatic rings. The van der Waals surface area contributed by atoms with Gasteiger partial charge in [-0.25, -0.2) is 4.52 Å². The summed E-state index contributed by atoms with van der Waals surface area (Å²) in [7, 11) is 0. The number of hydrogen-bond acceptors (Lipinski definition) is 6. The summed E-state index contributed by atoms with van der Waals surface area (Å²) in [6.07, 6.45) is 0.684. The SMILES string of the molecule is Cc1cccc(OCC(=O)NCCc2csc3nc(-c4cccs4)nn23)c1. The number of carbonyl (C=O) groups excluding carboxylic acids is 1. The molecule has 0 spiro atoms. The number of ether oxygens (including phenoxy) is 1. The van der Waals surface area contributed by atoms with Crippen LogP contribution in [-0.2, 0) is 11.2 Å². The summed E-state index contributed by atoms with van der Waals surface area (Å²) in [5.74, 6) is 1.31. The molecule has 0 saturated heterocycles. The molecule has 4 rings (SSSR count). The fourth-order valence-corrected chi connectivity index (χ4v) is 4.15. The Labute approximate surface area is 164 Å². The van der Waals surface area contributed by atoms with Crippen molar-refractivity contribution < 1.29 is 9.53 Å². The van der Waals surface area contributed by atoms with Crippen LogP contribution in [0.3, 0.4) is 0 Å². The highest BCUT2D eigenvalue weighted by Crippen LogP contribution is 2.24. The molecular weight excluding hydrogens is 380 g/mol. The Morgan fingerprint density at radius 2 is 2.19 bits per heavy atom. The molecule has 138 valence electrons. The number of aryl methyl sites for hydroxylation is 1. The largest absolute Gasteiger partial charge is 0.484 e. The Morgan fingerprint density at radius 1 is 1.26 bits per heavy atom. The van der Waals surface area contributed by atoms with Gasteiger partial charge in [-0.2, -0.15) is 4.98 Å². The van der Waals surface area contributed by atoms with Crippen molar-refractivity contribution in [3.8, 4) is 16.5 Å². The molecule has 1 aromatic carbocycles. The molecule has 0 aliphatic carbocycles. The number of thiophene rings is 1. The lowest BCUT2D eigenvalue weighted by Gasteiger charge is -2.07. The molecule has 6 nitrogen and oxygen atoms in total. The first-order chi connectivity index (χ1) is 13.2. The van der Waals surface area contributed by atoms with Crippen LogP contribution in [0.1, 0.15) is 11.3 Å². The number of aromatic nitrogens is 3. The first-order valence-electron chi connectivity index (χ1n) is 8.52. The first kappa shape index (κ1) is 17.7. The van der Waals surface area contributed by atoms with E-state index >= 15 is 0 Å². The Hall–Kier alpha value is -2.71. The van der Waals surface area contributed by atoms with Crippen LogP contribution in [0.15, 0.2) is 47.2 Å². The van der Waals surface area contributed by atoms with E-state index in [9.17, 15) is 4.79 Å². The lowest BCUT2D eigenvalue weighted by atomic mass is 10.2. The Bertz CT molecular complexity index is 1050. The van der Waals surface area contributed by atoms with Crippen molar-refractivity contribution in [2.75, 3.05) is 13.2 Å². The normalized spacial score (nSPS) is 11.0. The third-order valence-electron chi connectivity index (χ3n) is 3.95. The standard InChI is InChI=1S/C19H18N4O2S2/c1-13-4-2-5-15(10-13)25-11-17(24)20-8-7-14-12-27-19-21-18(22-23(14)19)16-6-3-9-26-16/h2-6,9-10,12H,7-8,11H2,1H3,(H,20,24). The van der Waals surface area contributed by atoms with Gasteiger partial charge in [0.1, 0.15) is 5.75 Å². The maximum absolute atomic E-state index is 12.0. The number of benzene rings is 1. The molecule has 0 bridgehead atoms. The molecule has 1 amide bonds. The Kier molecular flexibility index (Phi) is 5.17. The summed E-state index contributed by atoms with van der Waals surface area (Å²) in [5.41, 5.74) is 2.13. The number of nitrogens with one attached hydrogen (secondary N) is 1. The van der Waals surface area contributed by atoms with Gasteiger partial charge in [0.2, 0.25) is 4.96 Å². The maximum atomic E-state index is 12.0. The summed E-state index contributed by atoms with van der Waals surface area (Å²) in [4.78, 5) is 18.5. The smallest absolute Gasteiger partial charge is 0.257 e. The molecule has 0 fully saturated rings. The van der Waals surface area contributed by atoms with Gasteiger partial charge >= 0.3 is 0 Å². The minimum Gasteiger partial charge on any atom is -0.484 e. The van der Waals surface area contributed by atoms with Crippen molar-refractivity contribution in [3.63, 3.8) is 0 Å². The summed E-state index contributed by atoms with van der Waals surface area (Å²) in [6.45, 7) is 2.52. The number of hydrogen-bond donors (Lipinski definition) is 1. The second-order valence-electron chi connectivity index (χ2n) is 6.04. The van der Waals surface area contributed by atoms with E-state index < -0.39 is 0 Å². The van der Waals surface area contributed by atoms with Crippen molar-refractivity contribution in [3.05, 3.63) is 58.4 Å². The molecule has 0 unspecified atom stereocenters. The highest BCUT2D eigenvalue weighted by atomic mass is 32.1. The van der Waals surface area contributed by atoms with Crippen LogP contribution in [0.4, 0.5) is 0 Å². The molecule has 27 heavy (non-hydrogen) atoms. The third-order valence-corrected chi connectivity index (χ3v) is 5.68. The van der Waals surface area contributed by atoms with E-state index in [2.05, 4.69) is 15.4 Å². The lowest BCUT2D eigenvalue weighted by Crippen LogP contribution is -2.30. The van der Waals surface area contributed by atoms with E-state index in [1.165, 1.54) is 0 Å². The van der Waals surface area contributed by atoms with Gasteiger partial charge in [0, 0.05) is 18.3 Å². The summed E-state index contributed by atoms with van der Waals surface area (Å²) in [6, 6.07) is 11.7. The average molecular weight is 399 g/mol. The average Bonchev–Trinajstić information content (AvgIpc) is 3.38. The van der Waals surface area contributed by atoms with Crippen LogP contribution in [0.2, 0.25) is 0 Å². The van der Waals surface area contributed by atoms with E-state index in [0.717, 1.165) is 26.9 Å². The zero-order chi connectivity index (χ0) is 18.6. The number of nitrogens with zero attached hydrogens (tertiary/aromatic N) is 3. The van der Waals surface area contributed by atoms with Gasteiger partial charge in [-0.3, -0.25) is 4.79 Å². The van der Waals surface area contributed by atoms with Gasteiger partial charge in [-0.05, 0) is 36.1 Å². The second-order valence-corrected chi connectivity index (χ2v) is 7.82. The predicted molar refractivity (Wildman–Crippen MR) is 108 cm³/mol. The number of rotatable bonds is 7. The van der Waals surface area contributed by atoms with Gasteiger partial charge < -0.3 is 10.1 Å². The zero-order valence-electron chi connectivity index (χ0n) is 14.7. The lowest BCUT2D eigenvalue weighted by molar-refractivity contribution is -0.123. The van der Waals surface area contributed by atoms with Crippen molar-refractivity contribution in [1.82, 2.24) is 19.9 Å². The molecule has 0 aliphatic rings. The molecule has 1 N–H and O–H groups in total. The monoisotopic (exact) mass is 398 g/mol. The number of fused-ring (bicyclic) bond motifs is 1. The van der Waals surface area contributed by atoms with Crippen molar-refractivity contribution in [2.24, 2.45) is 0 Å². The van der Waals surface area contributed by atoms with E-state index in [4.69, 9.17) is 4.74 Å². The van der Waals surface area contributed by atoms with E-state index in [1.807, 2.05) is 58.6 Å². The molecule has 8 heteroatoms. The van der Waals surface area contributed by atoms with Crippen molar-refractivity contribution >= 4 is 33.5 Å². The zero-order valence-corrected chi connectivity index (χ0v) is 16.3. The number of thiazole rings is 1. The maximum Gasteiger partial charge on any atom is 0.257 e. The molecule has 3 aromatic heterocycles. The van der Waals surface area contributed by atoms with Crippen LogP contribution >= 0.6 is 22.7 Å². The van der Waals surface area contributed by atoms with Gasteiger partial charge in [0.15, 0.2) is 12.4 Å². The van der Waals surface area contributed by atoms with E-state index in [0.29, 0.717) is 18.7 Å².